The number of piperidine rings is 3. The number of hydrogen-bond acceptors (Lipinski definition) is 5. The van der Waals surface area contributed by atoms with Crippen molar-refractivity contribution < 1.29 is 14.4 Å². The van der Waals surface area contributed by atoms with Gasteiger partial charge in [0.15, 0.2) is 0 Å². The van der Waals surface area contributed by atoms with Gasteiger partial charge in [0.05, 0.1) is 5.92 Å². The molecular formula is C36H41N5O3. The molecule has 3 heterocycles. The molecule has 3 amide bonds. The molecule has 0 bridgehead atoms. The standard InChI is InChI=1S/C36H41N5O3/c1-2-33(42)38-28-14-12-27(13-15-28)35(43)39-29-17-20-41(21-18-29)23-24-8-10-26(11-9-24)34-30(25-6-4-3-5-7-25)22-31-32(40-34)16-19-37-36(31)44/h2-15,29-32,34,40H,1,16-23H2,(H,37,44)(H,38,42)(H,39,43). The number of nitrogens with zero attached hydrogens (tertiary/aromatic N) is 1. The molecule has 0 saturated carbocycles. The summed E-state index contributed by atoms with van der Waals surface area (Å²) in [5.41, 5.74) is 5.03. The van der Waals surface area contributed by atoms with E-state index < -0.39 is 0 Å². The molecule has 0 radical (unpaired) electrons. The lowest BCUT2D eigenvalue weighted by atomic mass is 9.72. The van der Waals surface area contributed by atoms with Crippen molar-refractivity contribution >= 4 is 23.4 Å². The summed E-state index contributed by atoms with van der Waals surface area (Å²) in [5, 5.41) is 12.8. The molecule has 8 nitrogen and oxygen atoms in total. The van der Waals surface area contributed by atoms with Gasteiger partial charge >= 0.3 is 0 Å². The summed E-state index contributed by atoms with van der Waals surface area (Å²) in [4.78, 5) is 39.4. The van der Waals surface area contributed by atoms with E-state index in [9.17, 15) is 14.4 Å². The zero-order chi connectivity index (χ0) is 30.5. The molecule has 44 heavy (non-hydrogen) atoms. The fourth-order valence-electron chi connectivity index (χ4n) is 6.94. The van der Waals surface area contributed by atoms with E-state index in [1.807, 2.05) is 6.07 Å². The Kier molecular flexibility index (Phi) is 9.19. The zero-order valence-electron chi connectivity index (χ0n) is 25.0. The highest BCUT2D eigenvalue weighted by Gasteiger charge is 2.42. The van der Waals surface area contributed by atoms with Crippen molar-refractivity contribution in [1.82, 2.24) is 20.9 Å². The van der Waals surface area contributed by atoms with E-state index in [-0.39, 0.29) is 47.7 Å². The van der Waals surface area contributed by atoms with Gasteiger partial charge in [-0.15, -0.1) is 0 Å². The number of rotatable bonds is 8. The van der Waals surface area contributed by atoms with E-state index in [2.05, 4.69) is 81.3 Å². The van der Waals surface area contributed by atoms with Crippen molar-refractivity contribution in [3.05, 3.63) is 114 Å². The number of amides is 3. The highest BCUT2D eigenvalue weighted by Crippen LogP contribution is 2.42. The number of nitrogens with one attached hydrogen (secondary N) is 4. The van der Waals surface area contributed by atoms with Gasteiger partial charge < -0.3 is 21.3 Å². The van der Waals surface area contributed by atoms with Gasteiger partial charge in [-0.2, -0.15) is 0 Å². The third-order valence-electron chi connectivity index (χ3n) is 9.38. The number of anilines is 1. The fraction of sp³-hybridized carbons (Fsp3) is 0.361. The first kappa shape index (κ1) is 29.8. The van der Waals surface area contributed by atoms with E-state index in [1.165, 1.54) is 22.8 Å². The van der Waals surface area contributed by atoms with Crippen LogP contribution in [0.5, 0.6) is 0 Å². The predicted molar refractivity (Wildman–Crippen MR) is 172 cm³/mol. The summed E-state index contributed by atoms with van der Waals surface area (Å²) in [6.07, 6.45) is 4.83. The fourth-order valence-corrected chi connectivity index (χ4v) is 6.94. The summed E-state index contributed by atoms with van der Waals surface area (Å²) in [5.74, 6) is 0.0475. The molecule has 0 spiro atoms. The minimum Gasteiger partial charge on any atom is -0.356 e. The SMILES string of the molecule is C=CC(=O)Nc1ccc(C(=O)NC2CCN(Cc3ccc(C4NC5CCNC(=O)C5CC4c4ccccc4)cc3)CC2)cc1. The first-order chi connectivity index (χ1) is 21.5. The van der Waals surface area contributed by atoms with E-state index >= 15 is 0 Å². The Hall–Kier alpha value is -4.27. The van der Waals surface area contributed by atoms with Crippen molar-refractivity contribution in [3.63, 3.8) is 0 Å². The lowest BCUT2D eigenvalue weighted by Gasteiger charge is -2.44. The summed E-state index contributed by atoms with van der Waals surface area (Å²) < 4.78 is 0. The van der Waals surface area contributed by atoms with Crippen LogP contribution in [0.15, 0.2) is 91.5 Å². The van der Waals surface area contributed by atoms with Crippen LogP contribution in [0.3, 0.4) is 0 Å². The Morgan fingerprint density at radius 2 is 1.61 bits per heavy atom. The van der Waals surface area contributed by atoms with Crippen LogP contribution in [-0.2, 0) is 16.1 Å². The van der Waals surface area contributed by atoms with Crippen molar-refractivity contribution in [1.29, 1.82) is 0 Å². The zero-order valence-corrected chi connectivity index (χ0v) is 25.0. The van der Waals surface area contributed by atoms with Gasteiger partial charge in [-0.25, -0.2) is 0 Å². The minimum atomic E-state index is -0.281. The van der Waals surface area contributed by atoms with Crippen molar-refractivity contribution in [2.75, 3.05) is 25.0 Å². The van der Waals surface area contributed by atoms with E-state index in [0.717, 1.165) is 51.9 Å². The Morgan fingerprint density at radius 3 is 2.32 bits per heavy atom. The molecule has 3 fully saturated rings. The maximum Gasteiger partial charge on any atom is 0.251 e. The Bertz CT molecular complexity index is 1470. The second kappa shape index (κ2) is 13.6. The number of hydrogen-bond donors (Lipinski definition) is 4. The third-order valence-corrected chi connectivity index (χ3v) is 9.38. The largest absolute Gasteiger partial charge is 0.356 e. The van der Waals surface area contributed by atoms with Gasteiger partial charge in [0.2, 0.25) is 11.8 Å². The summed E-state index contributed by atoms with van der Waals surface area (Å²) >= 11 is 0. The molecule has 4 N–H and O–H groups in total. The smallest absolute Gasteiger partial charge is 0.251 e. The molecule has 228 valence electrons. The van der Waals surface area contributed by atoms with Gasteiger partial charge in [-0.3, -0.25) is 19.3 Å². The maximum absolute atomic E-state index is 12.8. The number of carbonyl (C=O) groups is 3. The van der Waals surface area contributed by atoms with Crippen molar-refractivity contribution in [2.45, 2.75) is 56.3 Å². The van der Waals surface area contributed by atoms with Gasteiger partial charge in [0.25, 0.3) is 5.91 Å². The predicted octanol–water partition coefficient (Wildman–Crippen LogP) is 4.53. The molecule has 3 saturated heterocycles. The number of benzene rings is 3. The highest BCUT2D eigenvalue weighted by atomic mass is 16.2. The average molecular weight is 592 g/mol. The van der Waals surface area contributed by atoms with E-state index in [1.54, 1.807) is 24.3 Å². The van der Waals surface area contributed by atoms with Crippen LogP contribution in [0.1, 0.15) is 64.7 Å². The maximum atomic E-state index is 12.8. The Labute approximate surface area is 259 Å². The van der Waals surface area contributed by atoms with Gasteiger partial charge in [-0.1, -0.05) is 61.2 Å². The van der Waals surface area contributed by atoms with Crippen molar-refractivity contribution in [3.8, 4) is 0 Å². The Morgan fingerprint density at radius 1 is 0.886 bits per heavy atom. The van der Waals surface area contributed by atoms with Gasteiger partial charge in [0, 0.05) is 61.5 Å². The molecule has 3 aliphatic heterocycles. The van der Waals surface area contributed by atoms with Crippen LogP contribution in [0, 0.1) is 5.92 Å². The quantitative estimate of drug-likeness (QED) is 0.289. The number of fused-ring (bicyclic) bond motifs is 1. The van der Waals surface area contributed by atoms with E-state index in [0.29, 0.717) is 11.3 Å². The molecule has 0 aliphatic carbocycles. The molecule has 4 unspecified atom stereocenters. The second-order valence-corrected chi connectivity index (χ2v) is 12.2. The van der Waals surface area contributed by atoms with Gasteiger partial charge in [-0.05, 0) is 72.7 Å². The minimum absolute atomic E-state index is 0.00868. The van der Waals surface area contributed by atoms with Crippen LogP contribution in [0.25, 0.3) is 0 Å². The average Bonchev–Trinajstić information content (AvgIpc) is 3.06. The summed E-state index contributed by atoms with van der Waals surface area (Å²) in [6, 6.07) is 27.0. The van der Waals surface area contributed by atoms with Crippen molar-refractivity contribution in [2.24, 2.45) is 5.92 Å². The monoisotopic (exact) mass is 591 g/mol. The first-order valence-electron chi connectivity index (χ1n) is 15.7. The Balaban J connectivity index is 1.03. The van der Waals surface area contributed by atoms with Crippen LogP contribution >= 0.6 is 0 Å². The lowest BCUT2D eigenvalue weighted by Crippen LogP contribution is -2.56. The molecule has 3 aromatic carbocycles. The summed E-state index contributed by atoms with van der Waals surface area (Å²) in [6.45, 7) is 6.91. The molecule has 0 aromatic heterocycles. The normalized spacial score (nSPS) is 24.0. The van der Waals surface area contributed by atoms with E-state index in [4.69, 9.17) is 0 Å². The highest BCUT2D eigenvalue weighted by molar-refractivity contribution is 5.99. The van der Waals surface area contributed by atoms with Crippen LogP contribution in [0.2, 0.25) is 0 Å². The number of likely N-dealkylation sites (tertiary alicyclic amines) is 1. The van der Waals surface area contributed by atoms with Gasteiger partial charge in [0.1, 0.15) is 0 Å². The third kappa shape index (κ3) is 6.93. The van der Waals surface area contributed by atoms with Crippen LogP contribution < -0.4 is 21.3 Å². The number of carbonyl (C=O) groups excluding carboxylic acids is 3. The molecule has 8 heteroatoms. The lowest BCUT2D eigenvalue weighted by molar-refractivity contribution is -0.129. The molecular weight excluding hydrogens is 550 g/mol. The molecule has 6 rings (SSSR count). The second-order valence-electron chi connectivity index (χ2n) is 12.2. The first-order valence-corrected chi connectivity index (χ1v) is 15.7. The van der Waals surface area contributed by atoms with Crippen LogP contribution in [0.4, 0.5) is 5.69 Å². The molecule has 3 aromatic rings. The topological polar surface area (TPSA) is 103 Å². The molecule has 4 atom stereocenters. The van der Waals surface area contributed by atoms with Crippen LogP contribution in [-0.4, -0.2) is 54.3 Å². The molecule has 3 aliphatic rings. The summed E-state index contributed by atoms with van der Waals surface area (Å²) in [7, 11) is 0.